The summed E-state index contributed by atoms with van der Waals surface area (Å²) in [5.74, 6) is 0.369. The molecule has 3 rings (SSSR count). The molecule has 1 N–H and O–H groups in total. The first kappa shape index (κ1) is 24.2. The molecule has 0 aliphatic carbocycles. The third kappa shape index (κ3) is 6.78. The van der Waals surface area contributed by atoms with Crippen LogP contribution in [0.25, 0.3) is 6.08 Å². The molecule has 2 aromatic rings. The second-order valence-electron chi connectivity index (χ2n) is 8.60. The average Bonchev–Trinajstić information content (AvgIpc) is 2.83. The van der Waals surface area contributed by atoms with Crippen molar-refractivity contribution in [3.8, 4) is 0 Å². The normalized spacial score (nSPS) is 18.9. The summed E-state index contributed by atoms with van der Waals surface area (Å²) in [4.78, 5) is 28.1. The minimum absolute atomic E-state index is 0.0108. The summed E-state index contributed by atoms with van der Waals surface area (Å²) < 4.78 is 0. The second kappa shape index (κ2) is 12.0. The predicted octanol–water partition coefficient (Wildman–Crippen LogP) is 5.62. The summed E-state index contributed by atoms with van der Waals surface area (Å²) in [6.07, 6.45) is 7.85. The zero-order valence-electron chi connectivity index (χ0n) is 19.0. The minimum Gasteiger partial charge on any atom is -0.348 e. The molecule has 1 aliphatic heterocycles. The summed E-state index contributed by atoms with van der Waals surface area (Å²) >= 11 is 5.98. The molecular weight excluding hydrogens is 420 g/mol. The van der Waals surface area contributed by atoms with Crippen LogP contribution in [0.15, 0.2) is 60.7 Å². The first-order valence-electron chi connectivity index (χ1n) is 11.5. The van der Waals surface area contributed by atoms with E-state index < -0.39 is 0 Å². The zero-order valence-corrected chi connectivity index (χ0v) is 19.7. The van der Waals surface area contributed by atoms with E-state index in [1.54, 1.807) is 0 Å². The Kier molecular flexibility index (Phi) is 9.07. The van der Waals surface area contributed by atoms with E-state index in [2.05, 4.69) is 25.2 Å². The van der Waals surface area contributed by atoms with Gasteiger partial charge in [-0.25, -0.2) is 0 Å². The highest BCUT2D eigenvalue weighted by molar-refractivity contribution is 6.30. The van der Waals surface area contributed by atoms with Gasteiger partial charge in [0.25, 0.3) is 0 Å². The van der Waals surface area contributed by atoms with Gasteiger partial charge in [0.05, 0.1) is 18.6 Å². The van der Waals surface area contributed by atoms with Gasteiger partial charge < -0.3 is 5.32 Å². The number of amides is 1. The van der Waals surface area contributed by atoms with Gasteiger partial charge in [0.1, 0.15) is 0 Å². The van der Waals surface area contributed by atoms with Crippen molar-refractivity contribution in [3.63, 3.8) is 0 Å². The quantitative estimate of drug-likeness (QED) is 0.502. The molecular formula is C27H33ClN2O2. The number of hydrogen-bond acceptors (Lipinski definition) is 3. The van der Waals surface area contributed by atoms with Gasteiger partial charge in [-0.15, -0.1) is 0 Å². The standard InChI is InChI=1S/C27H33ClN2O2/c1-3-20(2)24(17-14-21-12-15-23(28)16-13-21)29-27(32)25-11-7-8-18-30(25)19-26(31)22-9-5-4-6-10-22/h4-6,9-10,12-17,20,24-25H,3,7-8,11,18-19H2,1-2H3,(H,29,32)/b17-14+/t20-,24+,25-/m0/s1. The highest BCUT2D eigenvalue weighted by Gasteiger charge is 2.31. The number of nitrogens with zero attached hydrogens (tertiary/aromatic N) is 1. The number of likely N-dealkylation sites (tertiary alicyclic amines) is 1. The van der Waals surface area contributed by atoms with E-state index in [0.717, 1.165) is 37.8 Å². The molecule has 32 heavy (non-hydrogen) atoms. The number of nitrogens with one attached hydrogen (secondary N) is 1. The van der Waals surface area contributed by atoms with Gasteiger partial charge in [-0.1, -0.05) is 92.9 Å². The van der Waals surface area contributed by atoms with Crippen molar-refractivity contribution < 1.29 is 9.59 Å². The molecule has 1 heterocycles. The molecule has 4 nitrogen and oxygen atoms in total. The highest BCUT2D eigenvalue weighted by atomic mass is 35.5. The fourth-order valence-corrected chi connectivity index (χ4v) is 4.19. The number of benzene rings is 2. The smallest absolute Gasteiger partial charge is 0.237 e. The topological polar surface area (TPSA) is 49.4 Å². The SMILES string of the molecule is CC[C@H](C)[C@@H](/C=C/c1ccc(Cl)cc1)NC(=O)[C@@H]1CCCCN1CC(=O)c1ccccc1. The number of halogens is 1. The molecule has 1 aliphatic rings. The molecule has 0 bridgehead atoms. The maximum atomic E-state index is 13.3. The molecule has 0 radical (unpaired) electrons. The Bertz CT molecular complexity index is 911. The van der Waals surface area contributed by atoms with Gasteiger partial charge in [0.15, 0.2) is 5.78 Å². The molecule has 2 aromatic carbocycles. The molecule has 0 spiro atoms. The van der Waals surface area contributed by atoms with Crippen LogP contribution in [0.1, 0.15) is 55.5 Å². The Balaban J connectivity index is 1.68. The van der Waals surface area contributed by atoms with Crippen LogP contribution < -0.4 is 5.32 Å². The fraction of sp³-hybridized carbons (Fsp3) is 0.407. The van der Waals surface area contributed by atoms with Crippen LogP contribution in [0.5, 0.6) is 0 Å². The van der Waals surface area contributed by atoms with Crippen LogP contribution in [0.4, 0.5) is 0 Å². The van der Waals surface area contributed by atoms with E-state index in [9.17, 15) is 9.59 Å². The Morgan fingerprint density at radius 3 is 2.53 bits per heavy atom. The molecule has 0 saturated carbocycles. The van der Waals surface area contributed by atoms with Crippen LogP contribution in [-0.2, 0) is 4.79 Å². The van der Waals surface area contributed by atoms with Crippen LogP contribution in [0.3, 0.4) is 0 Å². The van der Waals surface area contributed by atoms with Gasteiger partial charge in [0.2, 0.25) is 5.91 Å². The highest BCUT2D eigenvalue weighted by Crippen LogP contribution is 2.20. The number of ketones is 1. The van der Waals surface area contributed by atoms with Crippen LogP contribution in [-0.4, -0.2) is 41.8 Å². The van der Waals surface area contributed by atoms with Crippen molar-refractivity contribution >= 4 is 29.4 Å². The van der Waals surface area contributed by atoms with Gasteiger partial charge in [-0.3, -0.25) is 14.5 Å². The van der Waals surface area contributed by atoms with Crippen molar-refractivity contribution in [2.45, 2.75) is 51.6 Å². The van der Waals surface area contributed by atoms with E-state index in [1.165, 1.54) is 0 Å². The predicted molar refractivity (Wildman–Crippen MR) is 132 cm³/mol. The molecule has 1 fully saturated rings. The first-order valence-corrected chi connectivity index (χ1v) is 11.9. The van der Waals surface area contributed by atoms with Gasteiger partial charge >= 0.3 is 0 Å². The zero-order chi connectivity index (χ0) is 22.9. The summed E-state index contributed by atoms with van der Waals surface area (Å²) in [6.45, 7) is 5.32. The van der Waals surface area contributed by atoms with Crippen molar-refractivity contribution in [2.24, 2.45) is 5.92 Å². The largest absolute Gasteiger partial charge is 0.348 e. The number of carbonyl (C=O) groups excluding carboxylic acids is 2. The number of hydrogen-bond donors (Lipinski definition) is 1. The lowest BCUT2D eigenvalue weighted by Crippen LogP contribution is -2.53. The van der Waals surface area contributed by atoms with Gasteiger partial charge in [-0.05, 0) is 43.0 Å². The molecule has 170 valence electrons. The Morgan fingerprint density at radius 1 is 1.12 bits per heavy atom. The van der Waals surface area contributed by atoms with E-state index in [-0.39, 0.29) is 30.3 Å². The van der Waals surface area contributed by atoms with E-state index in [0.29, 0.717) is 16.5 Å². The van der Waals surface area contributed by atoms with Gasteiger partial charge in [-0.2, -0.15) is 0 Å². The van der Waals surface area contributed by atoms with E-state index in [1.807, 2.05) is 65.6 Å². The lowest BCUT2D eigenvalue weighted by atomic mass is 9.95. The summed E-state index contributed by atoms with van der Waals surface area (Å²) in [6, 6.07) is 16.6. The third-order valence-electron chi connectivity index (χ3n) is 6.29. The van der Waals surface area contributed by atoms with Gasteiger partial charge in [0, 0.05) is 10.6 Å². The summed E-state index contributed by atoms with van der Waals surface area (Å²) in [5.41, 5.74) is 1.74. The summed E-state index contributed by atoms with van der Waals surface area (Å²) in [5, 5.41) is 3.96. The number of rotatable bonds is 9. The number of Topliss-reactive ketones (excluding diaryl/α,β-unsaturated/α-hetero) is 1. The van der Waals surface area contributed by atoms with Crippen LogP contribution in [0, 0.1) is 5.92 Å². The monoisotopic (exact) mass is 452 g/mol. The lowest BCUT2D eigenvalue weighted by Gasteiger charge is -2.35. The molecule has 3 atom stereocenters. The van der Waals surface area contributed by atoms with Crippen molar-refractivity contribution in [3.05, 3.63) is 76.8 Å². The molecule has 0 unspecified atom stereocenters. The second-order valence-corrected chi connectivity index (χ2v) is 9.04. The number of piperidine rings is 1. The van der Waals surface area contributed by atoms with E-state index in [4.69, 9.17) is 11.6 Å². The first-order chi connectivity index (χ1) is 15.5. The Hall–Kier alpha value is -2.43. The Morgan fingerprint density at radius 2 is 1.84 bits per heavy atom. The molecule has 1 saturated heterocycles. The number of carbonyl (C=O) groups is 2. The fourth-order valence-electron chi connectivity index (χ4n) is 4.06. The van der Waals surface area contributed by atoms with Crippen molar-refractivity contribution in [1.82, 2.24) is 10.2 Å². The van der Waals surface area contributed by atoms with Crippen LogP contribution in [0.2, 0.25) is 5.02 Å². The summed E-state index contributed by atoms with van der Waals surface area (Å²) in [7, 11) is 0. The maximum Gasteiger partial charge on any atom is 0.237 e. The van der Waals surface area contributed by atoms with Crippen LogP contribution >= 0.6 is 11.6 Å². The van der Waals surface area contributed by atoms with E-state index >= 15 is 0 Å². The molecule has 1 amide bonds. The maximum absolute atomic E-state index is 13.3. The third-order valence-corrected chi connectivity index (χ3v) is 6.54. The molecule has 0 aromatic heterocycles. The van der Waals surface area contributed by atoms with Crippen molar-refractivity contribution in [1.29, 1.82) is 0 Å². The molecule has 5 heteroatoms. The van der Waals surface area contributed by atoms with Crippen molar-refractivity contribution in [2.75, 3.05) is 13.1 Å². The minimum atomic E-state index is -0.271. The lowest BCUT2D eigenvalue weighted by molar-refractivity contribution is -0.128. The average molecular weight is 453 g/mol. The Labute approximate surface area is 196 Å².